The van der Waals surface area contributed by atoms with Crippen LogP contribution in [0.1, 0.15) is 24.2 Å². The van der Waals surface area contributed by atoms with Gasteiger partial charge in [0.25, 0.3) is 15.6 Å². The fraction of sp³-hybridized carbons (Fsp3) is 0.211. The second-order valence-electron chi connectivity index (χ2n) is 6.37. The van der Waals surface area contributed by atoms with Gasteiger partial charge < -0.3 is 10.1 Å². The van der Waals surface area contributed by atoms with Crippen LogP contribution in [0, 0.1) is 0 Å². The maximum Gasteiger partial charge on any atom is 0.264 e. The number of nitrogens with one attached hydrogen (secondary N) is 1. The lowest BCUT2D eigenvalue weighted by Crippen LogP contribution is -2.29. The molecule has 3 aromatic rings. The largest absolute Gasteiger partial charge is 0.389 e. The van der Waals surface area contributed by atoms with Gasteiger partial charge in [0.2, 0.25) is 0 Å². The lowest BCUT2D eigenvalue weighted by atomic mass is 10.0. The van der Waals surface area contributed by atoms with Gasteiger partial charge in [-0.1, -0.05) is 18.2 Å². The van der Waals surface area contributed by atoms with Gasteiger partial charge in [-0.2, -0.15) is 0 Å². The average molecular weight is 370 g/mol. The van der Waals surface area contributed by atoms with Crippen LogP contribution < -0.4 is 9.86 Å². The van der Waals surface area contributed by atoms with Gasteiger partial charge in [-0.25, -0.2) is 8.42 Å². The van der Waals surface area contributed by atoms with Crippen molar-refractivity contribution in [3.63, 3.8) is 0 Å². The van der Waals surface area contributed by atoms with Crippen LogP contribution in [0.2, 0.25) is 0 Å². The first-order valence-electron chi connectivity index (χ1n) is 8.34. The summed E-state index contributed by atoms with van der Waals surface area (Å²) in [5.41, 5.74) is 1.86. The average Bonchev–Trinajstić information content (AvgIpc) is 3.06. The van der Waals surface area contributed by atoms with E-state index in [0.29, 0.717) is 29.4 Å². The van der Waals surface area contributed by atoms with Crippen LogP contribution in [-0.2, 0) is 16.4 Å². The Morgan fingerprint density at radius 2 is 1.88 bits per heavy atom. The topological polar surface area (TPSA) is 90.5 Å². The summed E-state index contributed by atoms with van der Waals surface area (Å²) < 4.78 is 28.1. The zero-order chi connectivity index (χ0) is 18.5. The molecule has 2 aromatic carbocycles. The van der Waals surface area contributed by atoms with Gasteiger partial charge >= 0.3 is 0 Å². The van der Waals surface area contributed by atoms with Crippen molar-refractivity contribution in [1.82, 2.24) is 4.98 Å². The highest BCUT2D eigenvalue weighted by Gasteiger charge is 2.33. The van der Waals surface area contributed by atoms with Crippen molar-refractivity contribution in [2.75, 3.05) is 10.8 Å². The van der Waals surface area contributed by atoms with E-state index in [1.54, 1.807) is 37.3 Å². The first kappa shape index (κ1) is 16.8. The molecule has 1 aliphatic rings. The molecule has 1 aromatic heterocycles. The molecule has 6 nitrogen and oxygen atoms in total. The number of aromatic amines is 1. The molecule has 0 bridgehead atoms. The molecule has 2 N–H and O–H groups in total. The molecule has 26 heavy (non-hydrogen) atoms. The maximum atomic E-state index is 13.4. The Morgan fingerprint density at radius 1 is 1.12 bits per heavy atom. The summed E-state index contributed by atoms with van der Waals surface area (Å²) >= 11 is 0. The Labute approximate surface area is 150 Å². The van der Waals surface area contributed by atoms with E-state index >= 15 is 0 Å². The zero-order valence-corrected chi connectivity index (χ0v) is 15.0. The molecule has 0 aliphatic carbocycles. The zero-order valence-electron chi connectivity index (χ0n) is 14.1. The van der Waals surface area contributed by atoms with Crippen molar-refractivity contribution in [3.8, 4) is 0 Å². The van der Waals surface area contributed by atoms with Crippen molar-refractivity contribution in [2.24, 2.45) is 0 Å². The number of fused-ring (bicyclic) bond motifs is 2. The van der Waals surface area contributed by atoms with E-state index in [9.17, 15) is 18.3 Å². The number of hydrogen-bond donors (Lipinski definition) is 2. The predicted octanol–water partition coefficient (Wildman–Crippen LogP) is 2.33. The predicted molar refractivity (Wildman–Crippen MR) is 99.9 cm³/mol. The molecule has 0 saturated carbocycles. The number of rotatable bonds is 3. The van der Waals surface area contributed by atoms with E-state index in [-0.39, 0.29) is 10.5 Å². The minimum atomic E-state index is -3.84. The van der Waals surface area contributed by atoms with Gasteiger partial charge in [0.05, 0.1) is 16.7 Å². The van der Waals surface area contributed by atoms with Gasteiger partial charge in [-0.3, -0.25) is 9.10 Å². The quantitative estimate of drug-likeness (QED) is 0.740. The fourth-order valence-corrected chi connectivity index (χ4v) is 5.31. The highest BCUT2D eigenvalue weighted by molar-refractivity contribution is 7.93. The van der Waals surface area contributed by atoms with Crippen molar-refractivity contribution in [1.29, 1.82) is 0 Å². The Hall–Kier alpha value is -2.64. The Morgan fingerprint density at radius 3 is 2.65 bits per heavy atom. The number of H-pyrrole nitrogens is 1. The maximum absolute atomic E-state index is 13.4. The Bertz CT molecular complexity index is 1170. The highest BCUT2D eigenvalue weighted by atomic mass is 32.2. The molecule has 4 rings (SSSR count). The normalized spacial score (nSPS) is 15.2. The standard InChI is InChI=1S/C19H18N2O4S/c1-12(22)13-4-2-6-17-14(13)9-11-21(17)26(24,25)18-7-3-5-16-15(18)8-10-20-19(16)23/h2-8,10,12,22H,9,11H2,1H3,(H,20,23). The van der Waals surface area contributed by atoms with Gasteiger partial charge in [0.15, 0.2) is 0 Å². The molecule has 0 amide bonds. The van der Waals surface area contributed by atoms with Crippen molar-refractivity contribution >= 4 is 26.5 Å². The molecule has 2 heterocycles. The number of aliphatic hydroxyl groups excluding tert-OH is 1. The van der Waals surface area contributed by atoms with Gasteiger partial charge in [-0.05, 0) is 48.7 Å². The summed E-state index contributed by atoms with van der Waals surface area (Å²) in [6.07, 6.45) is 1.33. The number of sulfonamides is 1. The van der Waals surface area contributed by atoms with Crippen LogP contribution in [0.5, 0.6) is 0 Å². The van der Waals surface area contributed by atoms with E-state index in [2.05, 4.69) is 4.98 Å². The third-order valence-corrected chi connectivity index (χ3v) is 6.69. The van der Waals surface area contributed by atoms with Crippen molar-refractivity contribution in [2.45, 2.75) is 24.3 Å². The smallest absolute Gasteiger partial charge is 0.264 e. The van der Waals surface area contributed by atoms with Gasteiger partial charge in [0, 0.05) is 23.5 Å². The molecular formula is C19H18N2O4S. The number of aliphatic hydroxyl groups is 1. The molecule has 1 atom stereocenters. The third kappa shape index (κ3) is 2.43. The van der Waals surface area contributed by atoms with Crippen LogP contribution in [0.4, 0.5) is 5.69 Å². The first-order chi connectivity index (χ1) is 12.4. The van der Waals surface area contributed by atoms with Crippen LogP contribution in [0.3, 0.4) is 0 Å². The monoisotopic (exact) mass is 370 g/mol. The number of nitrogens with zero attached hydrogens (tertiary/aromatic N) is 1. The summed E-state index contributed by atoms with van der Waals surface area (Å²) in [7, 11) is -3.84. The number of pyridine rings is 1. The minimum Gasteiger partial charge on any atom is -0.389 e. The Kier molecular flexibility index (Phi) is 3.86. The molecule has 0 spiro atoms. The number of aromatic nitrogens is 1. The third-order valence-electron chi connectivity index (χ3n) is 4.81. The van der Waals surface area contributed by atoms with Crippen LogP contribution in [0.25, 0.3) is 10.8 Å². The number of benzene rings is 2. The highest BCUT2D eigenvalue weighted by Crippen LogP contribution is 2.37. The molecular weight excluding hydrogens is 352 g/mol. The summed E-state index contributed by atoms with van der Waals surface area (Å²) in [4.78, 5) is 14.7. The minimum absolute atomic E-state index is 0.108. The molecule has 1 unspecified atom stereocenters. The van der Waals surface area contributed by atoms with E-state index in [1.807, 2.05) is 6.07 Å². The fourth-order valence-electron chi connectivity index (χ4n) is 3.61. The van der Waals surface area contributed by atoms with Crippen molar-refractivity contribution < 1.29 is 13.5 Å². The van der Waals surface area contributed by atoms with Gasteiger partial charge in [0.1, 0.15) is 0 Å². The number of anilines is 1. The summed E-state index contributed by atoms with van der Waals surface area (Å²) in [5.74, 6) is 0. The van der Waals surface area contributed by atoms with E-state index < -0.39 is 16.1 Å². The number of hydrogen-bond acceptors (Lipinski definition) is 4. The first-order valence-corrected chi connectivity index (χ1v) is 9.78. The molecule has 0 radical (unpaired) electrons. The summed E-state index contributed by atoms with van der Waals surface area (Å²) in [6, 6.07) is 11.6. The molecule has 1 aliphatic heterocycles. The van der Waals surface area contributed by atoms with Crippen molar-refractivity contribution in [3.05, 3.63) is 70.1 Å². The van der Waals surface area contributed by atoms with Crippen LogP contribution >= 0.6 is 0 Å². The SMILES string of the molecule is CC(O)c1cccc2c1CCN2S(=O)(=O)c1cccc2c(=O)[nH]ccc12. The van der Waals surface area contributed by atoms with Crippen LogP contribution in [0.15, 0.2) is 58.4 Å². The second kappa shape index (κ2) is 5.96. The molecule has 7 heteroatoms. The van der Waals surface area contributed by atoms with E-state index in [4.69, 9.17) is 0 Å². The molecule has 134 valence electrons. The lowest BCUT2D eigenvalue weighted by Gasteiger charge is -2.21. The van der Waals surface area contributed by atoms with Gasteiger partial charge in [-0.15, -0.1) is 0 Å². The lowest BCUT2D eigenvalue weighted by molar-refractivity contribution is 0.198. The molecule has 0 saturated heterocycles. The molecule has 0 fully saturated rings. The van der Waals surface area contributed by atoms with E-state index in [1.165, 1.54) is 16.6 Å². The van der Waals surface area contributed by atoms with E-state index in [0.717, 1.165) is 11.1 Å². The second-order valence-corrected chi connectivity index (χ2v) is 8.20. The summed E-state index contributed by atoms with van der Waals surface area (Å²) in [5, 5.41) is 10.7. The Balaban J connectivity index is 1.91. The summed E-state index contributed by atoms with van der Waals surface area (Å²) in [6.45, 7) is 1.98. The van der Waals surface area contributed by atoms with Crippen LogP contribution in [-0.4, -0.2) is 25.1 Å².